The highest BCUT2D eigenvalue weighted by Crippen LogP contribution is 2.57. The van der Waals surface area contributed by atoms with Gasteiger partial charge in [-0.05, 0) is 12.5 Å². The molecule has 6 rings (SSSR count). The van der Waals surface area contributed by atoms with Gasteiger partial charge < -0.3 is 14.8 Å². The number of aryl methyl sites for hydroxylation is 1. The summed E-state index contributed by atoms with van der Waals surface area (Å²) in [5.74, 6) is 0.849. The van der Waals surface area contributed by atoms with Gasteiger partial charge in [-0.2, -0.15) is 5.10 Å². The Hall–Kier alpha value is -3.78. The molecule has 33 heavy (non-hydrogen) atoms. The fourth-order valence-electron chi connectivity index (χ4n) is 4.79. The maximum atomic E-state index is 13.1. The molecule has 1 aliphatic heterocycles. The van der Waals surface area contributed by atoms with E-state index in [1.807, 2.05) is 55.7 Å². The van der Waals surface area contributed by atoms with E-state index in [4.69, 9.17) is 9.47 Å². The molecule has 1 amide bonds. The van der Waals surface area contributed by atoms with Crippen LogP contribution >= 0.6 is 0 Å². The number of nitrogens with one attached hydrogen (secondary N) is 1. The highest BCUT2D eigenvalue weighted by molar-refractivity contribution is 6.04. The van der Waals surface area contributed by atoms with Crippen molar-refractivity contribution in [1.29, 1.82) is 0 Å². The predicted octanol–water partition coefficient (Wildman–Crippen LogP) is 3.68. The minimum Gasteiger partial charge on any atom is -0.494 e. The zero-order valence-electron chi connectivity index (χ0n) is 18.4. The molecule has 2 aromatic heterocycles. The van der Waals surface area contributed by atoms with Crippen molar-refractivity contribution in [3.8, 4) is 28.3 Å². The molecule has 8 nitrogen and oxygen atoms in total. The Morgan fingerprint density at radius 3 is 2.79 bits per heavy atom. The molecule has 2 aromatic carbocycles. The van der Waals surface area contributed by atoms with Gasteiger partial charge in [0.1, 0.15) is 17.8 Å². The summed E-state index contributed by atoms with van der Waals surface area (Å²) in [7, 11) is 3.48. The van der Waals surface area contributed by atoms with Crippen molar-refractivity contribution >= 4 is 22.5 Å². The van der Waals surface area contributed by atoms with E-state index in [0.717, 1.165) is 39.8 Å². The maximum Gasteiger partial charge on any atom is 0.233 e. The van der Waals surface area contributed by atoms with Crippen molar-refractivity contribution in [2.75, 3.05) is 25.6 Å². The first-order valence-electron chi connectivity index (χ1n) is 10.9. The van der Waals surface area contributed by atoms with Gasteiger partial charge in [0.05, 0.1) is 42.6 Å². The Kier molecular flexibility index (Phi) is 4.45. The molecule has 2 fully saturated rings. The van der Waals surface area contributed by atoms with Crippen LogP contribution in [0.3, 0.4) is 0 Å². The molecule has 166 valence electrons. The minimum atomic E-state index is -0.403. The summed E-state index contributed by atoms with van der Waals surface area (Å²) in [6, 6.07) is 13.7. The lowest BCUT2D eigenvalue weighted by Gasteiger charge is -2.16. The molecule has 3 heterocycles. The second-order valence-corrected chi connectivity index (χ2v) is 8.75. The van der Waals surface area contributed by atoms with Crippen molar-refractivity contribution < 1.29 is 14.3 Å². The lowest BCUT2D eigenvalue weighted by Crippen LogP contribution is -2.27. The number of nitrogens with zero attached hydrogens (tertiary/aromatic N) is 4. The molecule has 0 spiro atoms. The van der Waals surface area contributed by atoms with Gasteiger partial charge in [0.2, 0.25) is 5.91 Å². The number of ether oxygens (including phenoxy) is 2. The van der Waals surface area contributed by atoms with Gasteiger partial charge in [0.15, 0.2) is 0 Å². The van der Waals surface area contributed by atoms with Crippen molar-refractivity contribution in [3.05, 3.63) is 55.0 Å². The zero-order chi connectivity index (χ0) is 22.6. The van der Waals surface area contributed by atoms with Crippen LogP contribution < -0.4 is 10.1 Å². The largest absolute Gasteiger partial charge is 0.494 e. The summed E-state index contributed by atoms with van der Waals surface area (Å²) >= 11 is 0. The third kappa shape index (κ3) is 3.17. The van der Waals surface area contributed by atoms with E-state index in [2.05, 4.69) is 20.4 Å². The Bertz CT molecular complexity index is 1380. The Morgan fingerprint density at radius 1 is 1.21 bits per heavy atom. The van der Waals surface area contributed by atoms with Crippen molar-refractivity contribution in [1.82, 2.24) is 19.7 Å². The normalized spacial score (nSPS) is 21.1. The number of anilines is 1. The fraction of sp³-hybridized carbons (Fsp3) is 0.280. The van der Waals surface area contributed by atoms with E-state index >= 15 is 0 Å². The lowest BCUT2D eigenvalue weighted by atomic mass is 10.0. The molecule has 2 aliphatic rings. The topological polar surface area (TPSA) is 91.2 Å². The van der Waals surface area contributed by atoms with Gasteiger partial charge >= 0.3 is 0 Å². The Morgan fingerprint density at radius 2 is 2.06 bits per heavy atom. The van der Waals surface area contributed by atoms with Gasteiger partial charge in [-0.1, -0.05) is 30.3 Å². The van der Waals surface area contributed by atoms with Crippen molar-refractivity contribution in [3.63, 3.8) is 0 Å². The number of fused-ring (bicyclic) bond motifs is 2. The van der Waals surface area contributed by atoms with E-state index in [1.54, 1.807) is 18.1 Å². The first-order chi connectivity index (χ1) is 16.1. The number of hydrogen-bond acceptors (Lipinski definition) is 6. The highest BCUT2D eigenvalue weighted by Gasteiger charge is 2.63. The number of rotatable bonds is 5. The van der Waals surface area contributed by atoms with Crippen LogP contribution in [0.2, 0.25) is 0 Å². The SMILES string of the molecule is COc1cc2ncnc(-c3cn(C)nc3-c3ccccc3)c2cc1NC(=O)[C@@]12COC[C@@H]1C2. The number of carbonyl (C=O) groups is 1. The van der Waals surface area contributed by atoms with E-state index in [-0.39, 0.29) is 5.91 Å². The average Bonchev–Trinajstić information content (AvgIpc) is 3.18. The molecule has 0 bridgehead atoms. The molecule has 1 saturated carbocycles. The number of aromatic nitrogens is 4. The third-order valence-corrected chi connectivity index (χ3v) is 6.70. The average molecular weight is 441 g/mol. The van der Waals surface area contributed by atoms with Crippen LogP contribution in [0.15, 0.2) is 55.0 Å². The Labute approximate surface area is 190 Å². The molecule has 4 aromatic rings. The molecule has 1 N–H and O–H groups in total. The molecular formula is C25H23N5O3. The number of hydrogen-bond donors (Lipinski definition) is 1. The molecule has 0 radical (unpaired) electrons. The van der Waals surface area contributed by atoms with Crippen LogP contribution in [0.1, 0.15) is 6.42 Å². The number of amides is 1. The minimum absolute atomic E-state index is 0.0209. The molecule has 2 atom stereocenters. The summed E-state index contributed by atoms with van der Waals surface area (Å²) in [6.07, 6.45) is 4.37. The van der Waals surface area contributed by atoms with Gasteiger partial charge in [0.25, 0.3) is 0 Å². The number of benzene rings is 2. The Balaban J connectivity index is 1.47. The maximum absolute atomic E-state index is 13.1. The summed E-state index contributed by atoms with van der Waals surface area (Å²) < 4.78 is 12.9. The van der Waals surface area contributed by atoms with Gasteiger partial charge in [-0.3, -0.25) is 9.48 Å². The fourth-order valence-corrected chi connectivity index (χ4v) is 4.79. The standard InChI is InChI=1S/C25H23N5O3/c1-30-11-18(22(29-30)15-6-4-3-5-7-15)23-17-8-20(21(32-2)9-19(17)26-14-27-23)28-24(31)25-10-16(25)12-33-13-25/h3-9,11,14,16H,10,12-13H2,1-2H3,(H,28,31)/t16-,25-/m0/s1. The van der Waals surface area contributed by atoms with Crippen LogP contribution in [0, 0.1) is 11.3 Å². The van der Waals surface area contributed by atoms with Crippen LogP contribution in [0.25, 0.3) is 33.4 Å². The van der Waals surface area contributed by atoms with Gasteiger partial charge in [-0.25, -0.2) is 9.97 Å². The molecular weight excluding hydrogens is 418 g/mol. The molecule has 1 saturated heterocycles. The summed E-state index contributed by atoms with van der Waals surface area (Å²) in [4.78, 5) is 22.2. The molecule has 1 aliphatic carbocycles. The number of methoxy groups -OCH3 is 1. The summed E-state index contributed by atoms with van der Waals surface area (Å²) in [6.45, 7) is 1.13. The monoisotopic (exact) mass is 441 g/mol. The zero-order valence-corrected chi connectivity index (χ0v) is 18.4. The lowest BCUT2D eigenvalue weighted by molar-refractivity contribution is -0.121. The van der Waals surface area contributed by atoms with E-state index in [9.17, 15) is 4.79 Å². The number of carbonyl (C=O) groups excluding carboxylic acids is 1. The second-order valence-electron chi connectivity index (χ2n) is 8.75. The first-order valence-corrected chi connectivity index (χ1v) is 10.9. The van der Waals surface area contributed by atoms with Crippen molar-refractivity contribution in [2.24, 2.45) is 18.4 Å². The molecule has 0 unspecified atom stereocenters. The summed E-state index contributed by atoms with van der Waals surface area (Å²) in [5, 5.41) is 8.58. The van der Waals surface area contributed by atoms with Gasteiger partial charge in [-0.15, -0.1) is 0 Å². The second kappa shape index (κ2) is 7.38. The summed E-state index contributed by atoms with van der Waals surface area (Å²) in [5.41, 5.74) is 4.40. The molecule has 8 heteroatoms. The van der Waals surface area contributed by atoms with Crippen LogP contribution in [0.5, 0.6) is 5.75 Å². The van der Waals surface area contributed by atoms with Crippen LogP contribution in [0.4, 0.5) is 5.69 Å². The highest BCUT2D eigenvalue weighted by atomic mass is 16.5. The van der Waals surface area contributed by atoms with E-state index in [0.29, 0.717) is 30.6 Å². The quantitative estimate of drug-likeness (QED) is 0.508. The van der Waals surface area contributed by atoms with E-state index < -0.39 is 5.41 Å². The predicted molar refractivity (Wildman–Crippen MR) is 124 cm³/mol. The van der Waals surface area contributed by atoms with Crippen LogP contribution in [-0.2, 0) is 16.6 Å². The first kappa shape index (κ1) is 19.9. The van der Waals surface area contributed by atoms with Crippen molar-refractivity contribution in [2.45, 2.75) is 6.42 Å². The van der Waals surface area contributed by atoms with E-state index in [1.165, 1.54) is 0 Å². The smallest absolute Gasteiger partial charge is 0.233 e. The third-order valence-electron chi connectivity index (χ3n) is 6.70. The van der Waals surface area contributed by atoms with Crippen LogP contribution in [-0.4, -0.2) is 46.0 Å². The van der Waals surface area contributed by atoms with Gasteiger partial charge in [0, 0.05) is 41.7 Å².